The first-order chi connectivity index (χ1) is 9.24. The standard InChI is InChI=1S/C13H15N3O3/c1-3-11(13(17)18-2)15-10-6-4-9(5-7-10)12-16-14-8-19-12/h4-8,11,15H,3H2,1-2H3. The summed E-state index contributed by atoms with van der Waals surface area (Å²) in [5, 5.41) is 10.6. The van der Waals surface area contributed by atoms with Gasteiger partial charge in [0.2, 0.25) is 12.3 Å². The number of methoxy groups -OCH3 is 1. The summed E-state index contributed by atoms with van der Waals surface area (Å²) < 4.78 is 9.82. The number of nitrogens with one attached hydrogen (secondary N) is 1. The fourth-order valence-corrected chi connectivity index (χ4v) is 1.68. The molecule has 2 aromatic rings. The SMILES string of the molecule is CCC(Nc1ccc(-c2nnco2)cc1)C(=O)OC. The molecule has 1 aromatic heterocycles. The Balaban J connectivity index is 2.08. The summed E-state index contributed by atoms with van der Waals surface area (Å²) in [5.41, 5.74) is 1.66. The number of aromatic nitrogens is 2. The Morgan fingerprint density at radius 3 is 2.68 bits per heavy atom. The van der Waals surface area contributed by atoms with Crippen molar-refractivity contribution in [2.45, 2.75) is 19.4 Å². The van der Waals surface area contributed by atoms with Crippen LogP contribution < -0.4 is 5.32 Å². The molecule has 1 aromatic carbocycles. The molecule has 0 aliphatic carbocycles. The number of hydrogen-bond acceptors (Lipinski definition) is 6. The summed E-state index contributed by atoms with van der Waals surface area (Å²) >= 11 is 0. The Morgan fingerprint density at radius 2 is 2.16 bits per heavy atom. The monoisotopic (exact) mass is 261 g/mol. The van der Waals surface area contributed by atoms with E-state index in [2.05, 4.69) is 15.5 Å². The highest BCUT2D eigenvalue weighted by molar-refractivity contribution is 5.79. The second kappa shape index (κ2) is 5.99. The lowest BCUT2D eigenvalue weighted by atomic mass is 10.1. The molecule has 0 spiro atoms. The molecule has 0 bridgehead atoms. The number of ether oxygens (including phenoxy) is 1. The largest absolute Gasteiger partial charge is 0.467 e. The number of anilines is 1. The molecule has 0 fully saturated rings. The summed E-state index contributed by atoms with van der Waals surface area (Å²) in [5.74, 6) is 0.190. The van der Waals surface area contributed by atoms with Crippen LogP contribution in [-0.4, -0.2) is 29.3 Å². The zero-order valence-corrected chi connectivity index (χ0v) is 10.8. The van der Waals surface area contributed by atoms with Gasteiger partial charge in [-0.25, -0.2) is 4.79 Å². The van der Waals surface area contributed by atoms with E-state index in [1.165, 1.54) is 13.5 Å². The zero-order chi connectivity index (χ0) is 13.7. The first-order valence-electron chi connectivity index (χ1n) is 5.95. The topological polar surface area (TPSA) is 77.3 Å². The van der Waals surface area contributed by atoms with Gasteiger partial charge in [-0.3, -0.25) is 0 Å². The van der Waals surface area contributed by atoms with Gasteiger partial charge in [-0.2, -0.15) is 0 Å². The van der Waals surface area contributed by atoms with Crippen molar-refractivity contribution in [2.75, 3.05) is 12.4 Å². The fraction of sp³-hybridized carbons (Fsp3) is 0.308. The molecule has 0 saturated carbocycles. The smallest absolute Gasteiger partial charge is 0.328 e. The number of nitrogens with zero attached hydrogens (tertiary/aromatic N) is 2. The van der Waals surface area contributed by atoms with Crippen LogP contribution in [0, 0.1) is 0 Å². The van der Waals surface area contributed by atoms with Crippen LogP contribution in [0.3, 0.4) is 0 Å². The molecular formula is C13H15N3O3. The maximum Gasteiger partial charge on any atom is 0.328 e. The fourth-order valence-electron chi connectivity index (χ4n) is 1.68. The second-order valence-corrected chi connectivity index (χ2v) is 3.95. The Labute approximate surface area is 110 Å². The maximum atomic E-state index is 11.5. The van der Waals surface area contributed by atoms with Crippen LogP contribution >= 0.6 is 0 Å². The highest BCUT2D eigenvalue weighted by Gasteiger charge is 2.16. The molecular weight excluding hydrogens is 246 g/mol. The van der Waals surface area contributed by atoms with Crippen molar-refractivity contribution >= 4 is 11.7 Å². The molecule has 0 aliphatic rings. The van der Waals surface area contributed by atoms with Crippen LogP contribution in [0.2, 0.25) is 0 Å². The zero-order valence-electron chi connectivity index (χ0n) is 10.8. The van der Waals surface area contributed by atoms with Crippen molar-refractivity contribution in [1.29, 1.82) is 0 Å². The van der Waals surface area contributed by atoms with E-state index < -0.39 is 0 Å². The minimum absolute atomic E-state index is 0.275. The van der Waals surface area contributed by atoms with Gasteiger partial charge in [0.15, 0.2) is 0 Å². The Morgan fingerprint density at radius 1 is 1.42 bits per heavy atom. The van der Waals surface area contributed by atoms with Gasteiger partial charge in [-0.15, -0.1) is 10.2 Å². The molecule has 0 amide bonds. The molecule has 1 unspecified atom stereocenters. The third-order valence-corrected chi connectivity index (χ3v) is 2.73. The molecule has 0 saturated heterocycles. The minimum Gasteiger partial charge on any atom is -0.467 e. The Bertz CT molecular complexity index is 523. The van der Waals surface area contributed by atoms with Gasteiger partial charge in [-0.05, 0) is 30.7 Å². The molecule has 0 radical (unpaired) electrons. The van der Waals surface area contributed by atoms with Crippen LogP contribution in [0.5, 0.6) is 0 Å². The third kappa shape index (κ3) is 3.09. The van der Waals surface area contributed by atoms with Crippen LogP contribution in [-0.2, 0) is 9.53 Å². The number of hydrogen-bond donors (Lipinski definition) is 1. The summed E-state index contributed by atoms with van der Waals surface area (Å²) in [7, 11) is 1.38. The third-order valence-electron chi connectivity index (χ3n) is 2.73. The van der Waals surface area contributed by atoms with E-state index in [9.17, 15) is 4.79 Å². The van der Waals surface area contributed by atoms with E-state index in [0.29, 0.717) is 12.3 Å². The number of carbonyl (C=O) groups excluding carboxylic acids is 1. The average molecular weight is 261 g/mol. The predicted octanol–water partition coefficient (Wildman–Crippen LogP) is 2.10. The van der Waals surface area contributed by atoms with Crippen molar-refractivity contribution in [3.8, 4) is 11.5 Å². The summed E-state index contributed by atoms with van der Waals surface area (Å²) in [4.78, 5) is 11.5. The normalized spacial score (nSPS) is 11.9. The van der Waals surface area contributed by atoms with Gasteiger partial charge in [0.1, 0.15) is 6.04 Å². The predicted molar refractivity (Wildman–Crippen MR) is 69.5 cm³/mol. The van der Waals surface area contributed by atoms with Gasteiger partial charge < -0.3 is 14.5 Å². The molecule has 19 heavy (non-hydrogen) atoms. The Kier molecular flexibility index (Phi) is 4.12. The minimum atomic E-state index is -0.348. The summed E-state index contributed by atoms with van der Waals surface area (Å²) in [6.45, 7) is 1.92. The second-order valence-electron chi connectivity index (χ2n) is 3.95. The van der Waals surface area contributed by atoms with Gasteiger partial charge in [0, 0.05) is 11.3 Å². The highest BCUT2D eigenvalue weighted by atomic mass is 16.5. The van der Waals surface area contributed by atoms with Gasteiger partial charge in [-0.1, -0.05) is 6.92 Å². The van der Waals surface area contributed by atoms with E-state index >= 15 is 0 Å². The van der Waals surface area contributed by atoms with E-state index in [0.717, 1.165) is 11.3 Å². The molecule has 1 heterocycles. The van der Waals surface area contributed by atoms with Gasteiger partial charge in [0.25, 0.3) is 0 Å². The lowest BCUT2D eigenvalue weighted by Gasteiger charge is -2.15. The molecule has 1 atom stereocenters. The van der Waals surface area contributed by atoms with Crippen LogP contribution in [0.25, 0.3) is 11.5 Å². The van der Waals surface area contributed by atoms with Gasteiger partial charge in [0.05, 0.1) is 7.11 Å². The van der Waals surface area contributed by atoms with E-state index in [1.807, 2.05) is 31.2 Å². The molecule has 1 N–H and O–H groups in total. The summed E-state index contributed by atoms with van der Waals surface area (Å²) in [6.07, 6.45) is 1.93. The lowest BCUT2D eigenvalue weighted by Crippen LogP contribution is -2.29. The quantitative estimate of drug-likeness (QED) is 0.830. The van der Waals surface area contributed by atoms with Crippen molar-refractivity contribution in [1.82, 2.24) is 10.2 Å². The Hall–Kier alpha value is -2.37. The number of carbonyl (C=O) groups is 1. The number of esters is 1. The first kappa shape index (κ1) is 13.1. The van der Waals surface area contributed by atoms with Crippen LogP contribution in [0.15, 0.2) is 35.1 Å². The van der Waals surface area contributed by atoms with Crippen molar-refractivity contribution in [2.24, 2.45) is 0 Å². The molecule has 2 rings (SSSR count). The van der Waals surface area contributed by atoms with Crippen molar-refractivity contribution in [3.05, 3.63) is 30.7 Å². The molecule has 100 valence electrons. The van der Waals surface area contributed by atoms with Crippen LogP contribution in [0.1, 0.15) is 13.3 Å². The van der Waals surface area contributed by atoms with Crippen LogP contribution in [0.4, 0.5) is 5.69 Å². The van der Waals surface area contributed by atoms with Gasteiger partial charge >= 0.3 is 5.97 Å². The lowest BCUT2D eigenvalue weighted by molar-refractivity contribution is -0.141. The van der Waals surface area contributed by atoms with E-state index in [1.54, 1.807) is 0 Å². The van der Waals surface area contributed by atoms with Crippen molar-refractivity contribution < 1.29 is 13.9 Å². The number of benzene rings is 1. The average Bonchev–Trinajstić information content (AvgIpc) is 2.98. The van der Waals surface area contributed by atoms with Crippen molar-refractivity contribution in [3.63, 3.8) is 0 Å². The highest BCUT2D eigenvalue weighted by Crippen LogP contribution is 2.19. The number of rotatable bonds is 5. The van der Waals surface area contributed by atoms with E-state index in [4.69, 9.17) is 9.15 Å². The molecule has 0 aliphatic heterocycles. The summed E-state index contributed by atoms with van der Waals surface area (Å²) in [6, 6.07) is 7.05. The molecule has 6 heteroatoms. The van der Waals surface area contributed by atoms with E-state index in [-0.39, 0.29) is 12.0 Å². The maximum absolute atomic E-state index is 11.5. The first-order valence-corrected chi connectivity index (χ1v) is 5.95. The molecule has 6 nitrogen and oxygen atoms in total.